The average molecular weight is 372 g/mol. The molecule has 0 spiro atoms. The molecule has 5 nitrogen and oxygen atoms in total. The lowest BCUT2D eigenvalue weighted by Gasteiger charge is -2.31. The zero-order chi connectivity index (χ0) is 18.4. The number of para-hydroxylation sites is 1. The zero-order valence-corrected chi connectivity index (χ0v) is 15.2. The summed E-state index contributed by atoms with van der Waals surface area (Å²) in [5.74, 6) is -0.199. The minimum absolute atomic E-state index is 0.0103. The van der Waals surface area contributed by atoms with E-state index in [1.54, 1.807) is 24.3 Å². The summed E-state index contributed by atoms with van der Waals surface area (Å²) in [6, 6.07) is 16.5. The van der Waals surface area contributed by atoms with Gasteiger partial charge in [-0.2, -0.15) is 0 Å². The normalized spacial score (nSPS) is 17.5. The highest BCUT2D eigenvalue weighted by molar-refractivity contribution is 6.30. The van der Waals surface area contributed by atoms with Gasteiger partial charge >= 0.3 is 0 Å². The van der Waals surface area contributed by atoms with Gasteiger partial charge in [-0.1, -0.05) is 35.9 Å². The number of carbonyl (C=O) groups excluding carboxylic acids is 2. The Morgan fingerprint density at radius 2 is 1.81 bits per heavy atom. The van der Waals surface area contributed by atoms with Crippen LogP contribution in [0.2, 0.25) is 5.02 Å². The summed E-state index contributed by atoms with van der Waals surface area (Å²) in [4.78, 5) is 26.8. The lowest BCUT2D eigenvalue weighted by molar-refractivity contribution is -0.123. The molecule has 1 fully saturated rings. The Morgan fingerprint density at radius 3 is 2.58 bits per heavy atom. The molecular formula is C20H22ClN3O2. The summed E-state index contributed by atoms with van der Waals surface area (Å²) in [6.07, 6.45) is 1.74. The number of benzene rings is 2. The third kappa shape index (κ3) is 5.31. The van der Waals surface area contributed by atoms with E-state index in [4.69, 9.17) is 11.6 Å². The molecule has 2 amide bonds. The van der Waals surface area contributed by atoms with E-state index < -0.39 is 0 Å². The summed E-state index contributed by atoms with van der Waals surface area (Å²) < 4.78 is 0. The van der Waals surface area contributed by atoms with Crippen molar-refractivity contribution in [3.05, 3.63) is 59.6 Å². The predicted octanol–water partition coefficient (Wildman–Crippen LogP) is 3.63. The summed E-state index contributed by atoms with van der Waals surface area (Å²) in [7, 11) is 0. The molecular weight excluding hydrogens is 350 g/mol. The number of rotatable bonds is 5. The maximum Gasteiger partial charge on any atom is 0.238 e. The molecule has 0 aliphatic carbocycles. The second-order valence-corrected chi connectivity index (χ2v) is 6.92. The molecule has 0 saturated carbocycles. The molecule has 3 rings (SSSR count). The van der Waals surface area contributed by atoms with Crippen LogP contribution in [0.5, 0.6) is 0 Å². The molecule has 0 bridgehead atoms. The van der Waals surface area contributed by atoms with Crippen LogP contribution in [-0.4, -0.2) is 36.3 Å². The van der Waals surface area contributed by atoms with Crippen LogP contribution in [0.4, 0.5) is 11.4 Å². The number of nitrogens with zero attached hydrogens (tertiary/aromatic N) is 1. The predicted molar refractivity (Wildman–Crippen MR) is 104 cm³/mol. The van der Waals surface area contributed by atoms with Gasteiger partial charge in [0.05, 0.1) is 12.5 Å². The number of likely N-dealkylation sites (tertiary alicyclic amines) is 1. The van der Waals surface area contributed by atoms with Crippen molar-refractivity contribution in [2.24, 2.45) is 5.92 Å². The molecule has 1 atom stereocenters. The van der Waals surface area contributed by atoms with Gasteiger partial charge in [0.25, 0.3) is 0 Å². The number of hydrogen-bond acceptors (Lipinski definition) is 3. The lowest BCUT2D eigenvalue weighted by atomic mass is 9.97. The number of carbonyl (C=O) groups is 2. The van der Waals surface area contributed by atoms with Gasteiger partial charge in [0.15, 0.2) is 0 Å². The van der Waals surface area contributed by atoms with E-state index in [0.29, 0.717) is 17.3 Å². The Hall–Kier alpha value is -2.37. The topological polar surface area (TPSA) is 61.4 Å². The number of hydrogen-bond donors (Lipinski definition) is 2. The van der Waals surface area contributed by atoms with Crippen LogP contribution < -0.4 is 10.6 Å². The Kier molecular flexibility index (Phi) is 6.26. The van der Waals surface area contributed by atoms with Gasteiger partial charge in [0, 0.05) is 22.9 Å². The van der Waals surface area contributed by atoms with E-state index in [-0.39, 0.29) is 24.3 Å². The summed E-state index contributed by atoms with van der Waals surface area (Å²) >= 11 is 5.93. The first-order chi connectivity index (χ1) is 12.6. The first-order valence-corrected chi connectivity index (χ1v) is 9.11. The minimum atomic E-state index is -0.108. The monoisotopic (exact) mass is 371 g/mol. The second kappa shape index (κ2) is 8.83. The van der Waals surface area contributed by atoms with Gasteiger partial charge in [-0.25, -0.2) is 0 Å². The van der Waals surface area contributed by atoms with Crippen molar-refractivity contribution in [3.8, 4) is 0 Å². The average Bonchev–Trinajstić information content (AvgIpc) is 2.62. The van der Waals surface area contributed by atoms with Crippen LogP contribution in [0.25, 0.3) is 0 Å². The number of nitrogens with one attached hydrogen (secondary N) is 2. The standard InChI is InChI=1S/C20H22ClN3O2/c21-16-7-4-10-18(12-16)22-19(25)14-24-11-5-6-15(13-24)20(26)23-17-8-2-1-3-9-17/h1-4,7-10,12,15H,5-6,11,13-14H2,(H,22,25)(H,23,26)/t15-/m1/s1. The van der Waals surface area contributed by atoms with Crippen molar-refractivity contribution in [1.82, 2.24) is 4.90 Å². The maximum absolute atomic E-state index is 12.5. The first kappa shape index (κ1) is 18.4. The van der Waals surface area contributed by atoms with Gasteiger partial charge in [-0.15, -0.1) is 0 Å². The molecule has 1 aliphatic rings. The maximum atomic E-state index is 12.5. The largest absolute Gasteiger partial charge is 0.326 e. The van der Waals surface area contributed by atoms with E-state index in [1.807, 2.05) is 35.2 Å². The molecule has 26 heavy (non-hydrogen) atoms. The zero-order valence-electron chi connectivity index (χ0n) is 14.5. The fraction of sp³-hybridized carbons (Fsp3) is 0.300. The number of piperidine rings is 1. The summed E-state index contributed by atoms with van der Waals surface area (Å²) in [6.45, 7) is 1.67. The Bertz CT molecular complexity index is 767. The van der Waals surface area contributed by atoms with Crippen molar-refractivity contribution in [2.75, 3.05) is 30.3 Å². The van der Waals surface area contributed by atoms with Gasteiger partial charge in [0.2, 0.25) is 11.8 Å². The van der Waals surface area contributed by atoms with Crippen molar-refractivity contribution in [3.63, 3.8) is 0 Å². The Morgan fingerprint density at radius 1 is 1.04 bits per heavy atom. The van der Waals surface area contributed by atoms with E-state index in [9.17, 15) is 9.59 Å². The minimum Gasteiger partial charge on any atom is -0.326 e. The molecule has 1 heterocycles. The Balaban J connectivity index is 1.51. The van der Waals surface area contributed by atoms with Gasteiger partial charge < -0.3 is 10.6 Å². The lowest BCUT2D eigenvalue weighted by Crippen LogP contribution is -2.43. The van der Waals surface area contributed by atoms with E-state index in [2.05, 4.69) is 10.6 Å². The van der Waals surface area contributed by atoms with Gasteiger partial charge in [0.1, 0.15) is 0 Å². The van der Waals surface area contributed by atoms with Gasteiger partial charge in [-0.05, 0) is 49.7 Å². The number of halogens is 1. The van der Waals surface area contributed by atoms with Crippen LogP contribution in [0.3, 0.4) is 0 Å². The molecule has 1 aliphatic heterocycles. The van der Waals surface area contributed by atoms with Crippen LogP contribution in [0.1, 0.15) is 12.8 Å². The SMILES string of the molecule is O=C(CN1CCC[C@@H](C(=O)Nc2ccccc2)C1)Nc1cccc(Cl)c1. The number of amides is 2. The van der Waals surface area contributed by atoms with E-state index in [0.717, 1.165) is 25.1 Å². The van der Waals surface area contributed by atoms with Gasteiger partial charge in [-0.3, -0.25) is 14.5 Å². The third-order valence-electron chi connectivity index (χ3n) is 4.39. The smallest absolute Gasteiger partial charge is 0.238 e. The highest BCUT2D eigenvalue weighted by atomic mass is 35.5. The first-order valence-electron chi connectivity index (χ1n) is 8.74. The highest BCUT2D eigenvalue weighted by Crippen LogP contribution is 2.19. The Labute approximate surface area is 158 Å². The molecule has 1 saturated heterocycles. The molecule has 2 aromatic rings. The van der Waals surface area contributed by atoms with E-state index >= 15 is 0 Å². The molecule has 136 valence electrons. The summed E-state index contributed by atoms with van der Waals surface area (Å²) in [5, 5.41) is 6.38. The van der Waals surface area contributed by atoms with E-state index in [1.165, 1.54) is 0 Å². The van der Waals surface area contributed by atoms with Crippen molar-refractivity contribution in [2.45, 2.75) is 12.8 Å². The molecule has 0 unspecified atom stereocenters. The third-order valence-corrected chi connectivity index (χ3v) is 4.63. The van der Waals surface area contributed by atoms with Crippen molar-refractivity contribution < 1.29 is 9.59 Å². The molecule has 6 heteroatoms. The molecule has 2 N–H and O–H groups in total. The van der Waals surface area contributed by atoms with Crippen molar-refractivity contribution in [1.29, 1.82) is 0 Å². The fourth-order valence-corrected chi connectivity index (χ4v) is 3.34. The molecule has 2 aromatic carbocycles. The number of anilines is 2. The van der Waals surface area contributed by atoms with Crippen LogP contribution in [0.15, 0.2) is 54.6 Å². The second-order valence-electron chi connectivity index (χ2n) is 6.49. The molecule has 0 radical (unpaired) electrons. The quantitative estimate of drug-likeness (QED) is 0.843. The van der Waals surface area contributed by atoms with Crippen LogP contribution >= 0.6 is 11.6 Å². The van der Waals surface area contributed by atoms with Crippen LogP contribution in [-0.2, 0) is 9.59 Å². The van der Waals surface area contributed by atoms with Crippen LogP contribution in [0, 0.1) is 5.92 Å². The highest BCUT2D eigenvalue weighted by Gasteiger charge is 2.26. The molecule has 0 aromatic heterocycles. The summed E-state index contributed by atoms with van der Waals surface area (Å²) in [5.41, 5.74) is 1.48. The van der Waals surface area contributed by atoms with Crippen molar-refractivity contribution >= 4 is 34.8 Å². The fourth-order valence-electron chi connectivity index (χ4n) is 3.15.